The lowest BCUT2D eigenvalue weighted by atomic mass is 10.1. The van der Waals surface area contributed by atoms with E-state index in [9.17, 15) is 4.79 Å². The molecule has 3 unspecified atom stereocenters. The minimum Gasteiger partial charge on any atom is -0.367 e. The third-order valence-corrected chi connectivity index (χ3v) is 2.67. The summed E-state index contributed by atoms with van der Waals surface area (Å²) in [6, 6.07) is 0. The Morgan fingerprint density at radius 1 is 1.62 bits per heavy atom. The summed E-state index contributed by atoms with van der Waals surface area (Å²) < 4.78 is 5.52. The molecule has 0 heterocycles. The Morgan fingerprint density at radius 3 is 2.85 bits per heavy atom. The van der Waals surface area contributed by atoms with Crippen LogP contribution in [0.25, 0.3) is 0 Å². The fraction of sp³-hybridized carbons (Fsp3) is 0.889. The summed E-state index contributed by atoms with van der Waals surface area (Å²) in [4.78, 5) is 10.7. The first-order chi connectivity index (χ1) is 6.15. The van der Waals surface area contributed by atoms with Crippen molar-refractivity contribution in [1.82, 2.24) is 0 Å². The largest absolute Gasteiger partial charge is 0.367 e. The van der Waals surface area contributed by atoms with Gasteiger partial charge in [-0.25, -0.2) is 0 Å². The molecule has 0 bridgehead atoms. The fourth-order valence-corrected chi connectivity index (χ4v) is 1.78. The quantitative estimate of drug-likeness (QED) is 0.649. The van der Waals surface area contributed by atoms with E-state index < -0.39 is 12.0 Å². The molecule has 1 saturated carbocycles. The van der Waals surface area contributed by atoms with Crippen LogP contribution in [0.4, 0.5) is 0 Å². The Bertz CT molecular complexity index is 184. The molecule has 0 aromatic carbocycles. The minimum atomic E-state index is -0.489. The Labute approximate surface area is 78.6 Å². The highest BCUT2D eigenvalue weighted by molar-refractivity contribution is 5.78. The molecule has 4 heteroatoms. The average molecular weight is 186 g/mol. The summed E-state index contributed by atoms with van der Waals surface area (Å²) in [5.74, 6) is 0.00414. The summed E-state index contributed by atoms with van der Waals surface area (Å²) in [6.45, 7) is 2.32. The van der Waals surface area contributed by atoms with Crippen molar-refractivity contribution in [2.45, 2.75) is 38.4 Å². The van der Waals surface area contributed by atoms with Gasteiger partial charge in [0.15, 0.2) is 0 Å². The maximum atomic E-state index is 10.7. The number of amides is 1. The first-order valence-corrected chi connectivity index (χ1v) is 4.80. The molecule has 0 aliphatic heterocycles. The van der Waals surface area contributed by atoms with Gasteiger partial charge in [-0.2, -0.15) is 0 Å². The third-order valence-electron chi connectivity index (χ3n) is 2.67. The molecule has 4 N–H and O–H groups in total. The van der Waals surface area contributed by atoms with Crippen molar-refractivity contribution in [2.75, 3.05) is 6.54 Å². The van der Waals surface area contributed by atoms with Gasteiger partial charge in [0.25, 0.3) is 0 Å². The molecule has 1 aliphatic rings. The molecule has 0 aromatic heterocycles. The van der Waals surface area contributed by atoms with Crippen molar-refractivity contribution in [3.8, 4) is 0 Å². The van der Waals surface area contributed by atoms with Gasteiger partial charge >= 0.3 is 0 Å². The molecule has 4 nitrogen and oxygen atoms in total. The van der Waals surface area contributed by atoms with E-state index in [4.69, 9.17) is 16.2 Å². The van der Waals surface area contributed by atoms with Crippen molar-refractivity contribution in [1.29, 1.82) is 0 Å². The van der Waals surface area contributed by atoms with Gasteiger partial charge in [0.1, 0.15) is 6.10 Å². The summed E-state index contributed by atoms with van der Waals surface area (Å²) in [5, 5.41) is 0. The predicted molar refractivity (Wildman–Crippen MR) is 49.9 cm³/mol. The zero-order chi connectivity index (χ0) is 9.84. The number of carbonyl (C=O) groups is 1. The highest BCUT2D eigenvalue weighted by Gasteiger charge is 2.29. The maximum absolute atomic E-state index is 10.7. The molecular formula is C9H18N2O2. The lowest BCUT2D eigenvalue weighted by molar-refractivity contribution is -0.133. The molecule has 3 atom stereocenters. The molecule has 76 valence electrons. The zero-order valence-corrected chi connectivity index (χ0v) is 8.03. The van der Waals surface area contributed by atoms with Crippen LogP contribution in [-0.2, 0) is 9.53 Å². The normalized spacial score (nSPS) is 30.3. The van der Waals surface area contributed by atoms with Crippen molar-refractivity contribution in [3.05, 3.63) is 0 Å². The molecule has 1 fully saturated rings. The van der Waals surface area contributed by atoms with Gasteiger partial charge in [-0.3, -0.25) is 4.79 Å². The monoisotopic (exact) mass is 186 g/mol. The molecule has 1 aliphatic carbocycles. The molecular weight excluding hydrogens is 168 g/mol. The van der Waals surface area contributed by atoms with Crippen LogP contribution in [-0.4, -0.2) is 24.7 Å². The van der Waals surface area contributed by atoms with Crippen LogP contribution in [0.15, 0.2) is 0 Å². The summed E-state index contributed by atoms with van der Waals surface area (Å²) in [5.41, 5.74) is 10.7. The van der Waals surface area contributed by atoms with Crippen molar-refractivity contribution >= 4 is 5.91 Å². The number of hydrogen-bond acceptors (Lipinski definition) is 3. The molecule has 0 radical (unpaired) electrons. The second-order valence-electron chi connectivity index (χ2n) is 3.65. The van der Waals surface area contributed by atoms with Crippen LogP contribution in [0.1, 0.15) is 26.2 Å². The smallest absolute Gasteiger partial charge is 0.246 e. The van der Waals surface area contributed by atoms with E-state index >= 15 is 0 Å². The van der Waals surface area contributed by atoms with Crippen LogP contribution < -0.4 is 11.5 Å². The minimum absolute atomic E-state index is 0.132. The van der Waals surface area contributed by atoms with Crippen molar-refractivity contribution in [2.24, 2.45) is 17.4 Å². The summed E-state index contributed by atoms with van der Waals surface area (Å²) in [6.07, 6.45) is 2.88. The number of carbonyl (C=O) groups excluding carboxylic acids is 1. The Hall–Kier alpha value is -0.610. The molecule has 13 heavy (non-hydrogen) atoms. The number of nitrogens with two attached hydrogens (primary N) is 2. The van der Waals surface area contributed by atoms with E-state index in [2.05, 4.69) is 0 Å². The fourth-order valence-electron chi connectivity index (χ4n) is 1.78. The number of rotatable bonds is 4. The van der Waals surface area contributed by atoms with Crippen molar-refractivity contribution < 1.29 is 9.53 Å². The number of ether oxygens (including phenoxy) is 1. The molecule has 0 spiro atoms. The lowest BCUT2D eigenvalue weighted by Crippen LogP contribution is -2.35. The van der Waals surface area contributed by atoms with Crippen LogP contribution in [0.2, 0.25) is 0 Å². The summed E-state index contributed by atoms with van der Waals surface area (Å²) >= 11 is 0. The first-order valence-electron chi connectivity index (χ1n) is 4.80. The van der Waals surface area contributed by atoms with Gasteiger partial charge in [0, 0.05) is 0 Å². The summed E-state index contributed by atoms with van der Waals surface area (Å²) in [7, 11) is 0. The average Bonchev–Trinajstić information content (AvgIpc) is 2.51. The second kappa shape index (κ2) is 4.58. The second-order valence-corrected chi connectivity index (χ2v) is 3.65. The first kappa shape index (κ1) is 10.5. The lowest BCUT2D eigenvalue weighted by Gasteiger charge is -2.21. The predicted octanol–water partition coefficient (Wildman–Crippen LogP) is 0.00420. The standard InChI is InChI=1S/C9H18N2O2/c1-6(9(11)12)13-8-4-2-3-7(8)5-10/h6-8H,2-5,10H2,1H3,(H2,11,12). The molecule has 0 saturated heterocycles. The maximum Gasteiger partial charge on any atom is 0.246 e. The van der Waals surface area contributed by atoms with Gasteiger partial charge < -0.3 is 16.2 Å². The van der Waals surface area contributed by atoms with E-state index in [1.54, 1.807) is 6.92 Å². The topological polar surface area (TPSA) is 78.3 Å². The van der Waals surface area contributed by atoms with E-state index in [1.165, 1.54) is 0 Å². The highest BCUT2D eigenvalue weighted by Crippen LogP contribution is 2.28. The van der Waals surface area contributed by atoms with E-state index in [-0.39, 0.29) is 6.10 Å². The Morgan fingerprint density at radius 2 is 2.31 bits per heavy atom. The Kier molecular flexibility index (Phi) is 3.69. The Balaban J connectivity index is 2.39. The third kappa shape index (κ3) is 2.67. The number of primary amides is 1. The van der Waals surface area contributed by atoms with Crippen LogP contribution in [0.5, 0.6) is 0 Å². The molecule has 1 amide bonds. The molecule has 0 aromatic rings. The van der Waals surface area contributed by atoms with Gasteiger partial charge in [-0.15, -0.1) is 0 Å². The van der Waals surface area contributed by atoms with Gasteiger partial charge in [0.2, 0.25) is 5.91 Å². The van der Waals surface area contributed by atoms with E-state index in [0.29, 0.717) is 12.5 Å². The van der Waals surface area contributed by atoms with Crippen LogP contribution in [0.3, 0.4) is 0 Å². The number of hydrogen-bond donors (Lipinski definition) is 2. The van der Waals surface area contributed by atoms with Gasteiger partial charge in [-0.1, -0.05) is 6.42 Å². The van der Waals surface area contributed by atoms with Crippen molar-refractivity contribution in [3.63, 3.8) is 0 Å². The highest BCUT2D eigenvalue weighted by atomic mass is 16.5. The van der Waals surface area contributed by atoms with E-state index in [0.717, 1.165) is 19.3 Å². The SMILES string of the molecule is CC(OC1CCCC1CN)C(N)=O. The van der Waals surface area contributed by atoms with Gasteiger partial charge in [0.05, 0.1) is 6.10 Å². The van der Waals surface area contributed by atoms with Gasteiger partial charge in [-0.05, 0) is 32.2 Å². The van der Waals surface area contributed by atoms with Crippen LogP contribution >= 0.6 is 0 Å². The van der Waals surface area contributed by atoms with E-state index in [1.807, 2.05) is 0 Å². The molecule has 1 rings (SSSR count). The zero-order valence-electron chi connectivity index (χ0n) is 8.03. The van der Waals surface area contributed by atoms with Crippen LogP contribution in [0, 0.1) is 5.92 Å².